The lowest BCUT2D eigenvalue weighted by Crippen LogP contribution is -2.37. The first kappa shape index (κ1) is 16.5. The van der Waals surface area contributed by atoms with Crippen LogP contribution in [0.15, 0.2) is 72.8 Å². The Morgan fingerprint density at radius 2 is 1.31 bits per heavy atom. The van der Waals surface area contributed by atoms with Crippen molar-refractivity contribution in [3.05, 3.63) is 101 Å². The van der Waals surface area contributed by atoms with E-state index in [0.29, 0.717) is 33.6 Å². The molecule has 0 fully saturated rings. The number of carbonyl (C=O) groups excluding carboxylic acids is 1. The molecule has 0 amide bonds. The van der Waals surface area contributed by atoms with Crippen molar-refractivity contribution >= 4 is 5.78 Å². The second-order valence-corrected chi connectivity index (χ2v) is 6.18. The lowest BCUT2D eigenvalue weighted by molar-refractivity contribution is 0.0451. The molecule has 0 saturated carbocycles. The molecule has 1 aliphatic carbocycles. The second kappa shape index (κ2) is 6.41. The molecule has 4 nitrogen and oxygen atoms in total. The van der Waals surface area contributed by atoms with Crippen molar-refractivity contribution < 1.29 is 19.4 Å². The van der Waals surface area contributed by atoms with Gasteiger partial charge in [-0.25, -0.2) is 0 Å². The Kier molecular flexibility index (Phi) is 4.07. The number of rotatable bonds is 4. The van der Waals surface area contributed by atoms with E-state index in [9.17, 15) is 9.90 Å². The normalized spacial score (nSPS) is 14.5. The van der Waals surface area contributed by atoms with Crippen molar-refractivity contribution in [1.82, 2.24) is 0 Å². The number of carbonyl (C=O) groups is 1. The quantitative estimate of drug-likeness (QED) is 0.735. The summed E-state index contributed by atoms with van der Waals surface area (Å²) >= 11 is 0. The maximum absolute atomic E-state index is 12.9. The largest absolute Gasteiger partial charge is 0.467 e. The molecule has 1 N–H and O–H groups in total. The van der Waals surface area contributed by atoms with Gasteiger partial charge in [-0.15, -0.1) is 0 Å². The van der Waals surface area contributed by atoms with Crippen LogP contribution >= 0.6 is 0 Å². The Morgan fingerprint density at radius 1 is 0.808 bits per heavy atom. The minimum atomic E-state index is -1.49. The molecule has 0 spiro atoms. The molecule has 0 unspecified atom stereocenters. The van der Waals surface area contributed by atoms with Gasteiger partial charge in [-0.05, 0) is 6.07 Å². The van der Waals surface area contributed by atoms with Crippen LogP contribution in [0, 0.1) is 0 Å². The maximum Gasteiger partial charge on any atom is 0.193 e. The van der Waals surface area contributed by atoms with Gasteiger partial charge in [0.15, 0.2) is 12.6 Å². The molecule has 4 rings (SSSR count). The molecule has 0 atom stereocenters. The van der Waals surface area contributed by atoms with Crippen LogP contribution in [0.25, 0.3) is 0 Å². The zero-order valence-electron chi connectivity index (χ0n) is 14.3. The first-order valence-electron chi connectivity index (χ1n) is 8.35. The van der Waals surface area contributed by atoms with Gasteiger partial charge in [0.25, 0.3) is 0 Å². The van der Waals surface area contributed by atoms with Gasteiger partial charge in [0, 0.05) is 34.9 Å². The summed E-state index contributed by atoms with van der Waals surface area (Å²) in [4.78, 5) is 12.9. The highest BCUT2D eigenvalue weighted by Crippen LogP contribution is 2.46. The van der Waals surface area contributed by atoms with Crippen LogP contribution in [0.1, 0.15) is 32.6 Å². The van der Waals surface area contributed by atoms with Crippen LogP contribution in [0.2, 0.25) is 0 Å². The van der Waals surface area contributed by atoms with E-state index in [-0.39, 0.29) is 12.6 Å². The molecule has 0 aromatic heterocycles. The van der Waals surface area contributed by atoms with Crippen LogP contribution in [0.3, 0.4) is 0 Å². The third kappa shape index (κ3) is 2.35. The summed E-state index contributed by atoms with van der Waals surface area (Å²) in [6.45, 7) is 0.0648. The molecule has 3 aromatic rings. The van der Waals surface area contributed by atoms with Gasteiger partial charge in [0.2, 0.25) is 0 Å². The van der Waals surface area contributed by atoms with E-state index in [1.54, 1.807) is 49.6 Å². The smallest absolute Gasteiger partial charge is 0.193 e. The summed E-state index contributed by atoms with van der Waals surface area (Å²) in [6.07, 6.45) is 0. The van der Waals surface area contributed by atoms with Crippen molar-refractivity contribution in [1.29, 1.82) is 0 Å². The van der Waals surface area contributed by atoms with Crippen LogP contribution in [0.5, 0.6) is 5.75 Å². The topological polar surface area (TPSA) is 55.8 Å². The minimum absolute atomic E-state index is 0.0648. The Balaban J connectivity index is 2.03. The fourth-order valence-electron chi connectivity index (χ4n) is 3.59. The molecule has 26 heavy (non-hydrogen) atoms. The minimum Gasteiger partial charge on any atom is -0.467 e. The standard InChI is InChI=1S/C22H18O4/c1-25-14-26-20-13-7-6-12-19(20)22(24)17-10-4-2-8-15(17)21(23)16-9-3-5-11-18(16)22/h2-13,24H,14H2,1H3. The molecule has 0 radical (unpaired) electrons. The third-order valence-electron chi connectivity index (χ3n) is 4.73. The van der Waals surface area contributed by atoms with Crippen molar-refractivity contribution in [2.75, 3.05) is 13.9 Å². The SMILES string of the molecule is COCOc1ccccc1C1(O)c2ccccc2C(=O)c2ccccc21. The lowest BCUT2D eigenvalue weighted by atomic mass is 9.70. The van der Waals surface area contributed by atoms with E-state index >= 15 is 0 Å². The number of para-hydroxylation sites is 1. The summed E-state index contributed by atoms with van der Waals surface area (Å²) in [7, 11) is 1.54. The van der Waals surface area contributed by atoms with Crippen molar-refractivity contribution in [2.45, 2.75) is 5.60 Å². The van der Waals surface area contributed by atoms with Gasteiger partial charge < -0.3 is 14.6 Å². The van der Waals surface area contributed by atoms with Crippen LogP contribution in [-0.2, 0) is 10.3 Å². The summed E-state index contributed by atoms with van der Waals surface area (Å²) in [5.41, 5.74) is 1.18. The number of ether oxygens (including phenoxy) is 2. The third-order valence-corrected chi connectivity index (χ3v) is 4.73. The number of benzene rings is 3. The molecular weight excluding hydrogens is 328 g/mol. The Morgan fingerprint density at radius 3 is 1.88 bits per heavy atom. The monoisotopic (exact) mass is 346 g/mol. The average molecular weight is 346 g/mol. The van der Waals surface area contributed by atoms with Crippen molar-refractivity contribution in [3.8, 4) is 5.75 Å². The van der Waals surface area contributed by atoms with E-state index in [2.05, 4.69) is 0 Å². The predicted octanol–water partition coefficient (Wildman–Crippen LogP) is 3.50. The molecule has 0 saturated heterocycles. The van der Waals surface area contributed by atoms with Crippen molar-refractivity contribution in [2.24, 2.45) is 0 Å². The molecule has 130 valence electrons. The summed E-state index contributed by atoms with van der Waals surface area (Å²) in [5.74, 6) is 0.423. The molecular formula is C22H18O4. The fourth-order valence-corrected chi connectivity index (χ4v) is 3.59. The van der Waals surface area contributed by atoms with Gasteiger partial charge >= 0.3 is 0 Å². The molecule has 0 aliphatic heterocycles. The molecule has 0 bridgehead atoms. The number of hydrogen-bond donors (Lipinski definition) is 1. The van der Waals surface area contributed by atoms with E-state index in [0.717, 1.165) is 0 Å². The summed E-state index contributed by atoms with van der Waals surface area (Å²) in [5, 5.41) is 12.0. The number of aliphatic hydroxyl groups is 1. The van der Waals surface area contributed by atoms with Gasteiger partial charge in [-0.1, -0.05) is 66.7 Å². The molecule has 4 heteroatoms. The lowest BCUT2D eigenvalue weighted by Gasteiger charge is -2.37. The molecule has 1 aliphatic rings. The van der Waals surface area contributed by atoms with Crippen LogP contribution in [0.4, 0.5) is 0 Å². The van der Waals surface area contributed by atoms with E-state index in [4.69, 9.17) is 9.47 Å². The maximum atomic E-state index is 12.9. The van der Waals surface area contributed by atoms with Crippen LogP contribution < -0.4 is 4.74 Å². The summed E-state index contributed by atoms with van der Waals surface area (Å²) < 4.78 is 10.7. The predicted molar refractivity (Wildman–Crippen MR) is 97.4 cm³/mol. The van der Waals surface area contributed by atoms with Crippen molar-refractivity contribution in [3.63, 3.8) is 0 Å². The molecule has 0 heterocycles. The second-order valence-electron chi connectivity index (χ2n) is 6.18. The molecule has 3 aromatic carbocycles. The zero-order chi connectivity index (χ0) is 18.1. The van der Waals surface area contributed by atoms with Gasteiger partial charge in [0.05, 0.1) is 0 Å². The van der Waals surface area contributed by atoms with E-state index in [1.807, 2.05) is 30.3 Å². The van der Waals surface area contributed by atoms with Gasteiger partial charge in [-0.3, -0.25) is 4.79 Å². The zero-order valence-corrected chi connectivity index (χ0v) is 14.3. The number of methoxy groups -OCH3 is 1. The highest BCUT2D eigenvalue weighted by Gasteiger charge is 2.44. The van der Waals surface area contributed by atoms with Gasteiger partial charge in [-0.2, -0.15) is 0 Å². The van der Waals surface area contributed by atoms with E-state index < -0.39 is 5.60 Å². The highest BCUT2D eigenvalue weighted by atomic mass is 16.7. The van der Waals surface area contributed by atoms with Crippen LogP contribution in [-0.4, -0.2) is 24.8 Å². The fraction of sp³-hybridized carbons (Fsp3) is 0.136. The number of hydrogen-bond acceptors (Lipinski definition) is 4. The highest BCUT2D eigenvalue weighted by molar-refractivity contribution is 6.13. The van der Waals surface area contributed by atoms with E-state index in [1.165, 1.54) is 0 Å². The number of ketones is 1. The Bertz CT molecular complexity index is 928. The first-order valence-corrected chi connectivity index (χ1v) is 8.35. The number of fused-ring (bicyclic) bond motifs is 2. The Hall–Kier alpha value is -2.95. The Labute approximate surface area is 151 Å². The van der Waals surface area contributed by atoms with Gasteiger partial charge in [0.1, 0.15) is 11.4 Å². The first-order chi connectivity index (χ1) is 12.7. The average Bonchev–Trinajstić information content (AvgIpc) is 2.71. The summed E-state index contributed by atoms with van der Waals surface area (Å²) in [6, 6.07) is 21.6.